The van der Waals surface area contributed by atoms with Gasteiger partial charge >= 0.3 is 0 Å². The number of rotatable bonds is 4. The number of halogens is 1. The highest BCUT2D eigenvalue weighted by Crippen LogP contribution is 2.21. The van der Waals surface area contributed by atoms with Crippen LogP contribution in [0.1, 0.15) is 23.7 Å². The summed E-state index contributed by atoms with van der Waals surface area (Å²) in [7, 11) is 0. The minimum Gasteiger partial charge on any atom is -0.323 e. The van der Waals surface area contributed by atoms with E-state index in [2.05, 4.69) is 32.0 Å². The Bertz CT molecular complexity index is 1070. The molecule has 1 saturated heterocycles. The lowest BCUT2D eigenvalue weighted by Crippen LogP contribution is -2.63. The Labute approximate surface area is 175 Å². The van der Waals surface area contributed by atoms with Crippen LogP contribution in [-0.4, -0.2) is 28.2 Å². The number of nitrogens with one attached hydrogen (secondary N) is 3. The monoisotopic (exact) mass is 409 g/mol. The summed E-state index contributed by atoms with van der Waals surface area (Å²) in [6.07, 6.45) is 0.188. The molecule has 2 aromatic carbocycles. The van der Waals surface area contributed by atoms with Crippen molar-refractivity contribution >= 4 is 34.4 Å². The minimum atomic E-state index is -0.435. The summed E-state index contributed by atoms with van der Waals surface area (Å²) in [4.78, 5) is 21.9. The van der Waals surface area contributed by atoms with Gasteiger partial charge in [0.1, 0.15) is 0 Å². The smallest absolute Gasteiger partial charge is 0.227 e. The van der Waals surface area contributed by atoms with Crippen LogP contribution in [0.5, 0.6) is 0 Å². The van der Waals surface area contributed by atoms with Crippen LogP contribution in [0.25, 0.3) is 10.9 Å². The number of amides is 1. The zero-order valence-electron chi connectivity index (χ0n) is 16.7. The van der Waals surface area contributed by atoms with Crippen LogP contribution in [0.2, 0.25) is 5.02 Å². The van der Waals surface area contributed by atoms with E-state index in [4.69, 9.17) is 11.6 Å². The molecule has 1 aliphatic heterocycles. The quantitative estimate of drug-likeness (QED) is 0.614. The third-order valence-electron chi connectivity index (χ3n) is 5.32. The van der Waals surface area contributed by atoms with Crippen molar-refractivity contribution in [2.24, 2.45) is 5.92 Å². The highest BCUT2D eigenvalue weighted by atomic mass is 35.5. The largest absolute Gasteiger partial charge is 0.323 e. The van der Waals surface area contributed by atoms with Crippen molar-refractivity contribution < 1.29 is 4.79 Å². The predicted octanol–water partition coefficient (Wildman–Crippen LogP) is 3.56. The van der Waals surface area contributed by atoms with Crippen LogP contribution in [0, 0.1) is 19.8 Å². The summed E-state index contributed by atoms with van der Waals surface area (Å²) in [5.41, 5.74) is 3.96. The number of carbonyl (C=O) groups is 1. The lowest BCUT2D eigenvalue weighted by molar-refractivity contribution is -0.128. The first-order valence-electron chi connectivity index (χ1n) is 9.71. The standard InChI is InChI=1S/C22H24ClN5O/c1-12-7-8-17-13(2)24-21(26-19(17)9-12)28-22-25-14(3)18(20(29)27-22)11-15-5-4-6-16(23)10-15/h4-10,14,18,22,25H,11H2,1-3H3,(H,27,29)(H,24,26,28). The van der Waals surface area contributed by atoms with Crippen LogP contribution >= 0.6 is 11.6 Å². The molecule has 4 rings (SSSR count). The third-order valence-corrected chi connectivity index (χ3v) is 5.55. The zero-order chi connectivity index (χ0) is 20.5. The number of hydrogen-bond donors (Lipinski definition) is 3. The fraction of sp³-hybridized carbons (Fsp3) is 0.318. The van der Waals surface area contributed by atoms with Crippen LogP contribution in [0.3, 0.4) is 0 Å². The Morgan fingerprint density at radius 3 is 2.72 bits per heavy atom. The molecule has 3 aromatic rings. The summed E-state index contributed by atoms with van der Waals surface area (Å²) in [6, 6.07) is 13.7. The molecule has 29 heavy (non-hydrogen) atoms. The number of hydrogen-bond acceptors (Lipinski definition) is 5. The molecular weight excluding hydrogens is 386 g/mol. The highest BCUT2D eigenvalue weighted by Gasteiger charge is 2.33. The zero-order valence-corrected chi connectivity index (χ0v) is 17.4. The van der Waals surface area contributed by atoms with E-state index >= 15 is 0 Å². The van der Waals surface area contributed by atoms with Gasteiger partial charge in [0.2, 0.25) is 11.9 Å². The molecule has 7 heteroatoms. The molecule has 150 valence electrons. The van der Waals surface area contributed by atoms with E-state index < -0.39 is 6.29 Å². The van der Waals surface area contributed by atoms with Crippen LogP contribution < -0.4 is 16.0 Å². The highest BCUT2D eigenvalue weighted by molar-refractivity contribution is 6.30. The average Bonchev–Trinajstić information content (AvgIpc) is 2.64. The Balaban J connectivity index is 1.48. The number of nitrogens with zero attached hydrogens (tertiary/aromatic N) is 2. The molecule has 2 heterocycles. The fourth-order valence-corrected chi connectivity index (χ4v) is 3.97. The Hall–Kier alpha value is -2.70. The summed E-state index contributed by atoms with van der Waals surface area (Å²) in [5.74, 6) is 0.286. The molecule has 1 aromatic heterocycles. The minimum absolute atomic E-state index is 0.0120. The Kier molecular flexibility index (Phi) is 5.39. The van der Waals surface area contributed by atoms with Gasteiger partial charge in [-0.25, -0.2) is 9.97 Å². The molecule has 3 N–H and O–H groups in total. The Morgan fingerprint density at radius 1 is 1.14 bits per heavy atom. The van der Waals surface area contributed by atoms with Crippen molar-refractivity contribution in [1.29, 1.82) is 0 Å². The van der Waals surface area contributed by atoms with Gasteiger partial charge in [0.25, 0.3) is 0 Å². The maximum atomic E-state index is 12.8. The van der Waals surface area contributed by atoms with Gasteiger partial charge in [0.15, 0.2) is 6.29 Å². The molecule has 0 spiro atoms. The normalized spacial score (nSPS) is 21.8. The van der Waals surface area contributed by atoms with Crippen LogP contribution in [0.4, 0.5) is 5.95 Å². The van der Waals surface area contributed by atoms with E-state index in [1.807, 2.05) is 57.2 Å². The second-order valence-corrected chi connectivity index (χ2v) is 8.07. The second-order valence-electron chi connectivity index (χ2n) is 7.64. The average molecular weight is 410 g/mol. The lowest BCUT2D eigenvalue weighted by Gasteiger charge is -2.36. The first kappa shape index (κ1) is 19.6. The molecule has 1 amide bonds. The van der Waals surface area contributed by atoms with Gasteiger partial charge in [-0.1, -0.05) is 35.9 Å². The van der Waals surface area contributed by atoms with Crippen LogP contribution in [-0.2, 0) is 11.2 Å². The van der Waals surface area contributed by atoms with Crippen molar-refractivity contribution in [2.75, 3.05) is 5.32 Å². The molecule has 0 radical (unpaired) electrons. The first-order valence-corrected chi connectivity index (χ1v) is 10.1. The van der Waals surface area contributed by atoms with Gasteiger partial charge in [-0.05, 0) is 56.5 Å². The van der Waals surface area contributed by atoms with Crippen molar-refractivity contribution in [2.45, 2.75) is 39.5 Å². The van der Waals surface area contributed by atoms with E-state index in [-0.39, 0.29) is 17.9 Å². The van der Waals surface area contributed by atoms with Crippen molar-refractivity contribution in [1.82, 2.24) is 20.6 Å². The first-order chi connectivity index (χ1) is 13.9. The third kappa shape index (κ3) is 4.33. The molecular formula is C22H24ClN5O. The molecule has 0 bridgehead atoms. The van der Waals surface area contributed by atoms with Gasteiger partial charge in [0, 0.05) is 16.5 Å². The second kappa shape index (κ2) is 7.97. The molecule has 1 fully saturated rings. The number of fused-ring (bicyclic) bond motifs is 1. The SMILES string of the molecule is Cc1ccc2c(C)nc(NC3NC(=O)C(Cc4cccc(Cl)c4)C(C)N3)nc2c1. The summed E-state index contributed by atoms with van der Waals surface area (Å²) < 4.78 is 0. The van der Waals surface area contributed by atoms with E-state index in [9.17, 15) is 4.79 Å². The number of anilines is 1. The van der Waals surface area contributed by atoms with Gasteiger partial charge in [-0.3, -0.25) is 10.1 Å². The molecule has 3 unspecified atom stereocenters. The van der Waals surface area contributed by atoms with Gasteiger partial charge in [0.05, 0.1) is 17.1 Å². The van der Waals surface area contributed by atoms with Gasteiger partial charge in [-0.2, -0.15) is 0 Å². The van der Waals surface area contributed by atoms with Crippen molar-refractivity contribution in [3.63, 3.8) is 0 Å². The number of carbonyl (C=O) groups excluding carboxylic acids is 1. The number of aryl methyl sites for hydroxylation is 2. The summed E-state index contributed by atoms with van der Waals surface area (Å²) >= 11 is 6.07. The van der Waals surface area contributed by atoms with E-state index in [0.717, 1.165) is 27.7 Å². The topological polar surface area (TPSA) is 78.9 Å². The van der Waals surface area contributed by atoms with Crippen molar-refractivity contribution in [3.8, 4) is 0 Å². The number of aromatic nitrogens is 2. The molecule has 3 atom stereocenters. The molecule has 6 nitrogen and oxygen atoms in total. The Morgan fingerprint density at radius 2 is 1.97 bits per heavy atom. The van der Waals surface area contributed by atoms with E-state index in [1.165, 1.54) is 0 Å². The maximum absolute atomic E-state index is 12.8. The fourth-order valence-electron chi connectivity index (χ4n) is 3.75. The lowest BCUT2D eigenvalue weighted by atomic mass is 9.91. The van der Waals surface area contributed by atoms with E-state index in [0.29, 0.717) is 17.4 Å². The summed E-state index contributed by atoms with van der Waals surface area (Å²) in [6.45, 7) is 6.01. The van der Waals surface area contributed by atoms with Crippen LogP contribution in [0.15, 0.2) is 42.5 Å². The maximum Gasteiger partial charge on any atom is 0.227 e. The van der Waals surface area contributed by atoms with Gasteiger partial charge in [-0.15, -0.1) is 0 Å². The van der Waals surface area contributed by atoms with E-state index in [1.54, 1.807) is 0 Å². The molecule has 0 saturated carbocycles. The number of benzene rings is 2. The molecule has 1 aliphatic rings. The predicted molar refractivity (Wildman–Crippen MR) is 116 cm³/mol. The van der Waals surface area contributed by atoms with Gasteiger partial charge < -0.3 is 10.6 Å². The summed E-state index contributed by atoms with van der Waals surface area (Å²) in [5, 5.41) is 11.3. The van der Waals surface area contributed by atoms with Crippen molar-refractivity contribution in [3.05, 3.63) is 64.3 Å². The molecule has 0 aliphatic carbocycles.